The summed E-state index contributed by atoms with van der Waals surface area (Å²) in [4.78, 5) is 29.9. The molecule has 0 bridgehead atoms. The van der Waals surface area contributed by atoms with E-state index in [0.717, 1.165) is 32.9 Å². The first-order chi connectivity index (χ1) is 20.8. The third-order valence-corrected chi connectivity index (χ3v) is 9.82. The number of amides is 2. The third-order valence-electron chi connectivity index (χ3n) is 8.64. The molecular formula is C33H33BClNO6S. The molecule has 2 amide bonds. The van der Waals surface area contributed by atoms with Crippen LogP contribution in [0.2, 0.25) is 11.3 Å². The summed E-state index contributed by atoms with van der Waals surface area (Å²) < 4.78 is 12.3. The van der Waals surface area contributed by atoms with Crippen LogP contribution in [0.3, 0.4) is 0 Å². The Kier molecular flexibility index (Phi) is 8.77. The molecule has 2 aromatic carbocycles. The number of benzene rings is 2. The normalized spacial score (nSPS) is 23.9. The molecule has 0 spiro atoms. The van der Waals surface area contributed by atoms with Gasteiger partial charge in [-0.1, -0.05) is 47.5 Å². The minimum Gasteiger partial charge on any atom is -0.508 e. The number of nitrogens with zero attached hydrogens (tertiary/aromatic N) is 1. The number of para-hydroxylation sites is 1. The molecule has 2 aliphatic heterocycles. The average Bonchev–Trinajstić information content (AvgIpc) is 3.59. The summed E-state index contributed by atoms with van der Waals surface area (Å²) in [6.45, 7) is 2.55. The van der Waals surface area contributed by atoms with Crippen molar-refractivity contribution in [3.05, 3.63) is 98.2 Å². The monoisotopic (exact) mass is 617 g/mol. The minimum absolute atomic E-state index is 0.108. The van der Waals surface area contributed by atoms with Crippen molar-refractivity contribution in [2.45, 2.75) is 45.2 Å². The van der Waals surface area contributed by atoms with Crippen molar-refractivity contribution >= 4 is 47.9 Å². The van der Waals surface area contributed by atoms with Gasteiger partial charge in [0.25, 0.3) is 0 Å². The van der Waals surface area contributed by atoms with Crippen LogP contribution in [0, 0.1) is 17.8 Å². The van der Waals surface area contributed by atoms with Gasteiger partial charge in [-0.3, -0.25) is 14.5 Å². The van der Waals surface area contributed by atoms with Crippen LogP contribution in [0.1, 0.15) is 36.6 Å². The van der Waals surface area contributed by atoms with E-state index in [-0.39, 0.29) is 43.0 Å². The molecule has 0 radical (unpaired) electrons. The quantitative estimate of drug-likeness (QED) is 0.165. The largest absolute Gasteiger partial charge is 0.508 e. The Morgan fingerprint density at radius 1 is 1.14 bits per heavy atom. The fourth-order valence-electron chi connectivity index (χ4n) is 6.69. The summed E-state index contributed by atoms with van der Waals surface area (Å²) in [5.74, 6) is -0.822. The van der Waals surface area contributed by atoms with Crippen molar-refractivity contribution in [2.24, 2.45) is 17.8 Å². The van der Waals surface area contributed by atoms with E-state index in [1.165, 1.54) is 22.3 Å². The lowest BCUT2D eigenvalue weighted by Gasteiger charge is -2.43. The zero-order valence-electron chi connectivity index (χ0n) is 23.8. The lowest BCUT2D eigenvalue weighted by Crippen LogP contribution is -2.46. The lowest BCUT2D eigenvalue weighted by atomic mass is 9.58. The Balaban J connectivity index is 1.29. The predicted octanol–water partition coefficient (Wildman–Crippen LogP) is 6.37. The summed E-state index contributed by atoms with van der Waals surface area (Å²) in [5.41, 5.74) is 3.81. The number of thiophene rings is 1. The van der Waals surface area contributed by atoms with Crippen LogP contribution in [-0.2, 0) is 20.8 Å². The SMILES string of the molecule is C/C(=C\c1ccc(O)cc1Cl)CC[C@H]1OB(O)C[C@H]2C1=C(COc1ccccc1)C[C@H]1C(=O)N(Cc3cccs3)C(=O)[C@H]12. The molecule has 0 unspecified atom stereocenters. The van der Waals surface area contributed by atoms with Crippen molar-refractivity contribution in [1.29, 1.82) is 0 Å². The number of hydrogen-bond acceptors (Lipinski definition) is 7. The van der Waals surface area contributed by atoms with Gasteiger partial charge in [0.05, 0.1) is 29.5 Å². The van der Waals surface area contributed by atoms with Gasteiger partial charge in [-0.05, 0) is 96.9 Å². The number of ether oxygens (including phenoxy) is 1. The molecule has 3 aromatic rings. The van der Waals surface area contributed by atoms with Gasteiger partial charge in [0.15, 0.2) is 0 Å². The highest BCUT2D eigenvalue weighted by Gasteiger charge is 2.57. The molecule has 6 rings (SSSR count). The van der Waals surface area contributed by atoms with Crippen molar-refractivity contribution in [2.75, 3.05) is 6.61 Å². The van der Waals surface area contributed by atoms with Gasteiger partial charge in [0.2, 0.25) is 11.8 Å². The first-order valence-electron chi connectivity index (χ1n) is 14.5. The second kappa shape index (κ2) is 12.7. The number of halogens is 1. The minimum atomic E-state index is -1.04. The number of rotatable bonds is 9. The number of carbonyl (C=O) groups is 2. The van der Waals surface area contributed by atoms with Crippen LogP contribution in [-0.4, -0.2) is 46.7 Å². The third kappa shape index (κ3) is 6.31. The molecule has 1 aliphatic carbocycles. The second-order valence-electron chi connectivity index (χ2n) is 11.5. The van der Waals surface area contributed by atoms with E-state index in [1.54, 1.807) is 12.1 Å². The maximum Gasteiger partial charge on any atom is 0.455 e. The van der Waals surface area contributed by atoms with Gasteiger partial charge in [-0.2, -0.15) is 0 Å². The molecule has 2 saturated heterocycles. The zero-order valence-corrected chi connectivity index (χ0v) is 25.4. The Bertz CT molecular complexity index is 1560. The second-order valence-corrected chi connectivity index (χ2v) is 12.9. The maximum atomic E-state index is 13.8. The Labute approximate surface area is 260 Å². The first-order valence-corrected chi connectivity index (χ1v) is 15.8. The van der Waals surface area contributed by atoms with Gasteiger partial charge in [0, 0.05) is 4.88 Å². The van der Waals surface area contributed by atoms with E-state index in [4.69, 9.17) is 21.0 Å². The number of allylic oxidation sites excluding steroid dienone is 1. The van der Waals surface area contributed by atoms with E-state index in [9.17, 15) is 19.7 Å². The number of phenols is 1. The molecule has 43 heavy (non-hydrogen) atoms. The summed E-state index contributed by atoms with van der Waals surface area (Å²) in [6, 6.07) is 18.3. The molecule has 222 valence electrons. The Hall–Kier alpha value is -3.37. The molecule has 7 nitrogen and oxygen atoms in total. The molecule has 1 aromatic heterocycles. The molecule has 10 heteroatoms. The highest BCUT2D eigenvalue weighted by molar-refractivity contribution is 7.09. The highest BCUT2D eigenvalue weighted by Crippen LogP contribution is 2.51. The van der Waals surface area contributed by atoms with Gasteiger partial charge >= 0.3 is 7.12 Å². The van der Waals surface area contributed by atoms with Gasteiger partial charge in [-0.25, -0.2) is 0 Å². The number of aromatic hydroxyl groups is 1. The number of imide groups is 1. The molecule has 2 fully saturated rings. The summed E-state index contributed by atoms with van der Waals surface area (Å²) in [6.07, 6.45) is 3.45. The average molecular weight is 618 g/mol. The Morgan fingerprint density at radius 2 is 1.95 bits per heavy atom. The van der Waals surface area contributed by atoms with Crippen LogP contribution >= 0.6 is 22.9 Å². The van der Waals surface area contributed by atoms with Gasteiger partial charge in [0.1, 0.15) is 18.1 Å². The number of phenolic OH excluding ortho intramolecular Hbond substituents is 1. The standard InChI is InChI=1S/C33H33BClNO6S/c1-20(14-21-10-11-23(37)16-28(21)35)9-12-29-30-22(19-41-24-6-3-2-4-7-24)15-26-31(27(30)17-34(40)42-29)33(39)36(32(26)38)18-25-8-5-13-43-25/h2-8,10-11,13-14,16,26-27,29,31,37,40H,9,12,15,17-19H2,1H3/b20-14+/t26-,27+,29-,31-/m1/s1. The van der Waals surface area contributed by atoms with Crippen LogP contribution in [0.4, 0.5) is 0 Å². The smallest absolute Gasteiger partial charge is 0.455 e. The van der Waals surface area contributed by atoms with E-state index in [0.29, 0.717) is 24.3 Å². The molecule has 4 atom stereocenters. The Morgan fingerprint density at radius 3 is 2.70 bits per heavy atom. The predicted molar refractivity (Wildman–Crippen MR) is 168 cm³/mol. The van der Waals surface area contributed by atoms with Gasteiger partial charge < -0.3 is 19.5 Å². The summed E-state index contributed by atoms with van der Waals surface area (Å²) in [7, 11) is -1.04. The molecule has 0 saturated carbocycles. The van der Waals surface area contributed by atoms with Crippen LogP contribution < -0.4 is 4.74 Å². The van der Waals surface area contributed by atoms with E-state index >= 15 is 0 Å². The van der Waals surface area contributed by atoms with Crippen molar-refractivity contribution < 1.29 is 29.1 Å². The molecule has 3 heterocycles. The lowest BCUT2D eigenvalue weighted by molar-refractivity contribution is -0.140. The first kappa shape index (κ1) is 29.7. The fraction of sp³-hybridized carbons (Fsp3) is 0.333. The van der Waals surface area contributed by atoms with E-state index in [2.05, 4.69) is 0 Å². The molecule has 3 aliphatic rings. The van der Waals surface area contributed by atoms with Crippen molar-refractivity contribution in [3.8, 4) is 11.5 Å². The number of hydrogen-bond donors (Lipinski definition) is 2. The number of carbonyl (C=O) groups excluding carboxylic acids is 2. The zero-order chi connectivity index (χ0) is 30.1. The number of fused-ring (bicyclic) bond motifs is 3. The topological polar surface area (TPSA) is 96.3 Å². The van der Waals surface area contributed by atoms with Crippen LogP contribution in [0.5, 0.6) is 11.5 Å². The molecular weight excluding hydrogens is 585 g/mol. The van der Waals surface area contributed by atoms with Crippen molar-refractivity contribution in [3.63, 3.8) is 0 Å². The van der Waals surface area contributed by atoms with Gasteiger partial charge in [-0.15, -0.1) is 11.3 Å². The van der Waals surface area contributed by atoms with Crippen molar-refractivity contribution in [1.82, 2.24) is 4.90 Å². The summed E-state index contributed by atoms with van der Waals surface area (Å²) in [5, 5.41) is 23.0. The summed E-state index contributed by atoms with van der Waals surface area (Å²) >= 11 is 7.85. The number of likely N-dealkylation sites (tertiary alicyclic amines) is 1. The van der Waals surface area contributed by atoms with Crippen LogP contribution in [0.25, 0.3) is 6.08 Å². The van der Waals surface area contributed by atoms with Crippen LogP contribution in [0.15, 0.2) is 82.8 Å². The molecule has 2 N–H and O–H groups in total. The fourth-order valence-corrected chi connectivity index (χ4v) is 7.61. The maximum absolute atomic E-state index is 13.8. The van der Waals surface area contributed by atoms with E-state index < -0.39 is 25.1 Å². The van der Waals surface area contributed by atoms with E-state index in [1.807, 2.05) is 60.8 Å². The highest BCUT2D eigenvalue weighted by atomic mass is 35.5.